The number of pyridine rings is 1. The molecule has 1 aliphatic heterocycles. The van der Waals surface area contributed by atoms with E-state index in [4.69, 9.17) is 9.57 Å². The number of nitrogens with zero attached hydrogens (tertiary/aromatic N) is 4. The van der Waals surface area contributed by atoms with Crippen molar-refractivity contribution >= 4 is 15.7 Å². The first-order chi connectivity index (χ1) is 14.3. The van der Waals surface area contributed by atoms with Crippen LogP contribution in [0.1, 0.15) is 23.0 Å². The summed E-state index contributed by atoms with van der Waals surface area (Å²) < 4.78 is 30.6. The predicted molar refractivity (Wildman–Crippen MR) is 111 cm³/mol. The predicted octanol–water partition coefficient (Wildman–Crippen LogP) is 2.01. The van der Waals surface area contributed by atoms with Gasteiger partial charge in [-0.15, -0.1) is 0 Å². The number of sulfone groups is 1. The van der Waals surface area contributed by atoms with Crippen molar-refractivity contribution in [3.63, 3.8) is 0 Å². The van der Waals surface area contributed by atoms with Crippen LogP contribution in [0.5, 0.6) is 5.88 Å². The summed E-state index contributed by atoms with van der Waals surface area (Å²) >= 11 is 0. The van der Waals surface area contributed by atoms with Crippen LogP contribution in [-0.2, 0) is 14.7 Å². The van der Waals surface area contributed by atoms with Gasteiger partial charge in [0.2, 0.25) is 5.88 Å². The minimum Gasteiger partial charge on any atom is -0.479 e. The zero-order valence-electron chi connectivity index (χ0n) is 16.7. The van der Waals surface area contributed by atoms with Crippen LogP contribution in [0, 0.1) is 6.92 Å². The van der Waals surface area contributed by atoms with Crippen LogP contribution in [0.2, 0.25) is 0 Å². The molecular formula is C20H21N5O4S. The number of imidazole rings is 1. The van der Waals surface area contributed by atoms with E-state index < -0.39 is 9.84 Å². The van der Waals surface area contributed by atoms with Gasteiger partial charge in [0, 0.05) is 12.5 Å². The third kappa shape index (κ3) is 3.99. The number of nitrogens with one attached hydrogen (secondary N) is 1. The molecule has 2 aromatic heterocycles. The molecule has 1 aromatic carbocycles. The van der Waals surface area contributed by atoms with Gasteiger partial charge in [-0.25, -0.2) is 18.4 Å². The lowest BCUT2D eigenvalue weighted by Gasteiger charge is -2.24. The Balaban J connectivity index is 1.58. The summed E-state index contributed by atoms with van der Waals surface area (Å²) in [6.45, 7) is 2.22. The highest BCUT2D eigenvalue weighted by Gasteiger charge is 2.22. The van der Waals surface area contributed by atoms with Gasteiger partial charge in [0.25, 0.3) is 0 Å². The van der Waals surface area contributed by atoms with Gasteiger partial charge in [0.15, 0.2) is 15.7 Å². The average molecular weight is 427 g/mol. The number of ether oxygens (including phenoxy) is 1. The lowest BCUT2D eigenvalue weighted by molar-refractivity contribution is 0.109. The van der Waals surface area contributed by atoms with E-state index in [1.165, 1.54) is 6.26 Å². The Morgan fingerprint density at radius 1 is 1.20 bits per heavy atom. The Kier molecular flexibility index (Phi) is 5.17. The monoisotopic (exact) mass is 427 g/mol. The minimum atomic E-state index is -3.24. The molecule has 4 rings (SSSR count). The van der Waals surface area contributed by atoms with E-state index in [1.807, 2.05) is 29.8 Å². The second-order valence-electron chi connectivity index (χ2n) is 6.92. The Morgan fingerprint density at radius 3 is 2.60 bits per heavy atom. The molecule has 0 amide bonds. The van der Waals surface area contributed by atoms with Crippen molar-refractivity contribution in [2.45, 2.75) is 17.9 Å². The van der Waals surface area contributed by atoms with Crippen LogP contribution in [0.15, 0.2) is 59.0 Å². The van der Waals surface area contributed by atoms with Crippen LogP contribution in [-0.4, -0.2) is 48.8 Å². The van der Waals surface area contributed by atoms with Crippen molar-refractivity contribution in [2.24, 2.45) is 5.16 Å². The van der Waals surface area contributed by atoms with Crippen molar-refractivity contribution in [1.82, 2.24) is 19.9 Å². The van der Waals surface area contributed by atoms with Gasteiger partial charge in [-0.1, -0.05) is 17.3 Å². The number of hydrogen-bond acceptors (Lipinski definition) is 8. The van der Waals surface area contributed by atoms with Gasteiger partial charge < -0.3 is 19.5 Å². The number of methoxy groups -OCH3 is 1. The Bertz CT molecular complexity index is 1200. The zero-order valence-corrected chi connectivity index (χ0v) is 17.5. The zero-order chi connectivity index (χ0) is 21.3. The van der Waals surface area contributed by atoms with Gasteiger partial charge in [-0.3, -0.25) is 0 Å². The fraction of sp³-hybridized carbons (Fsp3) is 0.250. The first kappa shape index (κ1) is 19.9. The molecule has 0 radical (unpaired) electrons. The molecule has 3 aromatic rings. The normalized spacial score (nSPS) is 16.4. The second kappa shape index (κ2) is 7.79. The topological polar surface area (TPSA) is 108 Å². The van der Waals surface area contributed by atoms with Crippen molar-refractivity contribution in [3.05, 3.63) is 65.9 Å². The molecule has 3 heterocycles. The van der Waals surface area contributed by atoms with Gasteiger partial charge >= 0.3 is 0 Å². The smallest absolute Gasteiger partial charge is 0.238 e. The van der Waals surface area contributed by atoms with Crippen LogP contribution in [0.4, 0.5) is 0 Å². The molecule has 0 aliphatic carbocycles. The molecule has 0 saturated carbocycles. The molecule has 0 spiro atoms. The average Bonchev–Trinajstić information content (AvgIpc) is 3.19. The summed E-state index contributed by atoms with van der Waals surface area (Å²) in [7, 11) is -1.69. The van der Waals surface area contributed by atoms with E-state index >= 15 is 0 Å². The summed E-state index contributed by atoms with van der Waals surface area (Å²) in [6.07, 6.45) is 4.77. The van der Waals surface area contributed by atoms with E-state index in [9.17, 15) is 8.42 Å². The van der Waals surface area contributed by atoms with Gasteiger partial charge in [-0.2, -0.15) is 0 Å². The fourth-order valence-corrected chi connectivity index (χ4v) is 3.75. The number of aromatic nitrogens is 3. The second-order valence-corrected chi connectivity index (χ2v) is 8.94. The van der Waals surface area contributed by atoms with E-state index in [2.05, 4.69) is 20.4 Å². The molecule has 1 N–H and O–H groups in total. The number of hydrogen-bond donors (Lipinski definition) is 1. The summed E-state index contributed by atoms with van der Waals surface area (Å²) in [4.78, 5) is 14.5. The molecule has 0 fully saturated rings. The van der Waals surface area contributed by atoms with Gasteiger partial charge in [0.1, 0.15) is 18.0 Å². The fourth-order valence-electron chi connectivity index (χ4n) is 3.12. The molecule has 0 bridgehead atoms. The van der Waals surface area contributed by atoms with Crippen molar-refractivity contribution < 1.29 is 18.0 Å². The Hall–Kier alpha value is -3.40. The quantitative estimate of drug-likeness (QED) is 0.664. The molecule has 1 unspecified atom stereocenters. The molecule has 30 heavy (non-hydrogen) atoms. The van der Waals surface area contributed by atoms with E-state index in [0.29, 0.717) is 24.0 Å². The van der Waals surface area contributed by atoms with E-state index in [-0.39, 0.29) is 10.9 Å². The van der Waals surface area contributed by atoms with E-state index in [0.717, 1.165) is 16.9 Å². The maximum atomic E-state index is 11.7. The van der Waals surface area contributed by atoms with Crippen molar-refractivity contribution in [1.29, 1.82) is 0 Å². The van der Waals surface area contributed by atoms with Gasteiger partial charge in [0.05, 0.1) is 30.1 Å². The van der Waals surface area contributed by atoms with Gasteiger partial charge in [-0.05, 0) is 36.8 Å². The largest absolute Gasteiger partial charge is 0.479 e. The van der Waals surface area contributed by atoms with Crippen LogP contribution in [0.3, 0.4) is 0 Å². The standard InChI is InChI=1S/C20H21N5O4S/c1-13-10-25(12-21-13)18-9-8-16(23-20(18)28-2)19-22-17(11-29-24-19)14-4-6-15(7-5-14)30(3,26)27/h4-10,12,17H,11H2,1-3H3,(H,22,24). The minimum absolute atomic E-state index is 0.199. The first-order valence-corrected chi connectivity index (χ1v) is 11.1. The third-order valence-electron chi connectivity index (χ3n) is 4.68. The number of benzene rings is 1. The Morgan fingerprint density at radius 2 is 1.97 bits per heavy atom. The highest BCUT2D eigenvalue weighted by atomic mass is 32.2. The van der Waals surface area contributed by atoms with Crippen molar-refractivity contribution in [3.8, 4) is 11.6 Å². The number of aryl methyl sites for hydroxylation is 1. The lowest BCUT2D eigenvalue weighted by Crippen LogP contribution is -2.36. The summed E-state index contributed by atoms with van der Waals surface area (Å²) in [6, 6.07) is 10.2. The molecule has 0 saturated heterocycles. The van der Waals surface area contributed by atoms with Crippen LogP contribution < -0.4 is 10.1 Å². The number of rotatable bonds is 5. The third-order valence-corrected chi connectivity index (χ3v) is 5.81. The molecular weight excluding hydrogens is 406 g/mol. The Labute approximate surface area is 174 Å². The summed E-state index contributed by atoms with van der Waals surface area (Å²) in [5, 5.41) is 7.38. The molecule has 9 nitrogen and oxygen atoms in total. The highest BCUT2D eigenvalue weighted by Crippen LogP contribution is 2.24. The summed E-state index contributed by atoms with van der Waals surface area (Å²) in [5.41, 5.74) is 3.09. The van der Waals surface area contributed by atoms with Crippen LogP contribution in [0.25, 0.3) is 5.69 Å². The van der Waals surface area contributed by atoms with Crippen LogP contribution >= 0.6 is 0 Å². The maximum absolute atomic E-state index is 11.7. The molecule has 1 aliphatic rings. The maximum Gasteiger partial charge on any atom is 0.238 e. The van der Waals surface area contributed by atoms with Crippen molar-refractivity contribution in [2.75, 3.05) is 20.0 Å². The first-order valence-electron chi connectivity index (χ1n) is 9.18. The summed E-state index contributed by atoms with van der Waals surface area (Å²) in [5.74, 6) is 0.888. The number of amidine groups is 1. The SMILES string of the molecule is COc1nc(C2=NOCC(c3ccc(S(C)(=O)=O)cc3)N2)ccc1-n1cnc(C)c1. The molecule has 156 valence electrons. The number of oxime groups is 1. The molecule has 10 heteroatoms. The highest BCUT2D eigenvalue weighted by molar-refractivity contribution is 7.90. The molecule has 1 atom stereocenters. The van der Waals surface area contributed by atoms with E-state index in [1.54, 1.807) is 37.7 Å². The lowest BCUT2D eigenvalue weighted by atomic mass is 10.1.